The van der Waals surface area contributed by atoms with E-state index in [2.05, 4.69) is 26.6 Å². The summed E-state index contributed by atoms with van der Waals surface area (Å²) in [5.41, 5.74) is 5.22. The number of fused-ring (bicyclic) bond motifs is 2. The molecule has 0 bridgehead atoms. The standard InChI is InChI=1S/C18H17FN4/c19-14-9-13-16(11-7-8-11)22-23-17(13)21-18(14)20-15-6-2-4-10-3-1-5-12(10)15/h2,4,6,9,11H,1,3,5,7-8H2,(H2,20,21,22,23). The number of rotatable bonds is 3. The maximum Gasteiger partial charge on any atom is 0.169 e. The lowest BCUT2D eigenvalue weighted by atomic mass is 10.1. The van der Waals surface area contributed by atoms with Crippen molar-refractivity contribution in [2.24, 2.45) is 0 Å². The van der Waals surface area contributed by atoms with E-state index < -0.39 is 0 Å². The lowest BCUT2D eigenvalue weighted by molar-refractivity contribution is 0.629. The first kappa shape index (κ1) is 13.0. The summed E-state index contributed by atoms with van der Waals surface area (Å²) in [4.78, 5) is 4.42. The van der Waals surface area contributed by atoms with Gasteiger partial charge in [0.2, 0.25) is 0 Å². The Morgan fingerprint density at radius 3 is 3.00 bits per heavy atom. The second kappa shape index (κ2) is 4.78. The van der Waals surface area contributed by atoms with Crippen LogP contribution in [0.1, 0.15) is 42.0 Å². The first-order chi connectivity index (χ1) is 11.3. The van der Waals surface area contributed by atoms with Gasteiger partial charge in [-0.15, -0.1) is 0 Å². The van der Waals surface area contributed by atoms with Gasteiger partial charge >= 0.3 is 0 Å². The summed E-state index contributed by atoms with van der Waals surface area (Å²) in [6.07, 6.45) is 5.58. The minimum absolute atomic E-state index is 0.267. The highest BCUT2D eigenvalue weighted by Crippen LogP contribution is 2.42. The maximum absolute atomic E-state index is 14.5. The average molecular weight is 308 g/mol. The van der Waals surface area contributed by atoms with Crippen molar-refractivity contribution in [1.82, 2.24) is 15.2 Å². The highest BCUT2D eigenvalue weighted by Gasteiger charge is 2.29. The SMILES string of the molecule is Fc1cc2c(C3CC3)n[nH]c2nc1Nc1cccc2c1CCC2. The summed E-state index contributed by atoms with van der Waals surface area (Å²) in [6, 6.07) is 7.73. The molecule has 0 aliphatic heterocycles. The van der Waals surface area contributed by atoms with Gasteiger partial charge in [0, 0.05) is 17.0 Å². The van der Waals surface area contributed by atoms with Gasteiger partial charge in [0.15, 0.2) is 17.3 Å². The van der Waals surface area contributed by atoms with E-state index in [9.17, 15) is 4.39 Å². The van der Waals surface area contributed by atoms with Crippen molar-refractivity contribution in [3.05, 3.63) is 46.9 Å². The summed E-state index contributed by atoms with van der Waals surface area (Å²) >= 11 is 0. The van der Waals surface area contributed by atoms with Crippen LogP contribution >= 0.6 is 0 Å². The number of halogens is 1. The third-order valence-corrected chi connectivity index (χ3v) is 4.90. The van der Waals surface area contributed by atoms with Crippen LogP contribution in [0.3, 0.4) is 0 Å². The van der Waals surface area contributed by atoms with Gasteiger partial charge in [0.25, 0.3) is 0 Å². The summed E-state index contributed by atoms with van der Waals surface area (Å²) in [6.45, 7) is 0. The van der Waals surface area contributed by atoms with Crippen LogP contribution in [0, 0.1) is 5.82 Å². The Kier molecular flexibility index (Phi) is 2.71. The van der Waals surface area contributed by atoms with Crippen LogP contribution in [0.2, 0.25) is 0 Å². The Balaban J connectivity index is 1.56. The van der Waals surface area contributed by atoms with E-state index in [0.717, 1.165) is 48.9 Å². The molecule has 0 amide bonds. The number of nitrogens with one attached hydrogen (secondary N) is 2. The molecule has 3 aromatic rings. The van der Waals surface area contributed by atoms with Gasteiger partial charge in [-0.3, -0.25) is 5.10 Å². The van der Waals surface area contributed by atoms with Crippen LogP contribution in [0.4, 0.5) is 15.9 Å². The first-order valence-electron chi connectivity index (χ1n) is 8.22. The Labute approximate surface area is 133 Å². The monoisotopic (exact) mass is 308 g/mol. The summed E-state index contributed by atoms with van der Waals surface area (Å²) in [5.74, 6) is 0.418. The molecule has 0 atom stereocenters. The quantitative estimate of drug-likeness (QED) is 0.762. The highest BCUT2D eigenvalue weighted by molar-refractivity contribution is 5.81. The Bertz CT molecular complexity index is 911. The molecule has 5 rings (SSSR count). The van der Waals surface area contributed by atoms with Crippen LogP contribution in [0.25, 0.3) is 11.0 Å². The minimum atomic E-state index is -0.323. The third-order valence-electron chi connectivity index (χ3n) is 4.90. The van der Waals surface area contributed by atoms with E-state index in [4.69, 9.17) is 0 Å². The molecule has 0 unspecified atom stereocenters. The normalized spacial score (nSPS) is 16.7. The lowest BCUT2D eigenvalue weighted by Crippen LogP contribution is -2.00. The van der Waals surface area contributed by atoms with Gasteiger partial charge in [-0.1, -0.05) is 12.1 Å². The number of H-pyrrole nitrogens is 1. The highest BCUT2D eigenvalue weighted by atomic mass is 19.1. The molecule has 4 nitrogen and oxygen atoms in total. The molecule has 1 fully saturated rings. The molecule has 0 saturated heterocycles. The molecule has 2 aliphatic rings. The zero-order valence-electron chi connectivity index (χ0n) is 12.7. The fourth-order valence-corrected chi connectivity index (χ4v) is 3.56. The number of hydrogen-bond acceptors (Lipinski definition) is 3. The molecule has 1 aromatic carbocycles. The Morgan fingerprint density at radius 2 is 2.13 bits per heavy atom. The number of benzene rings is 1. The molecule has 1 saturated carbocycles. The van der Waals surface area contributed by atoms with Crippen molar-refractivity contribution in [3.63, 3.8) is 0 Å². The van der Waals surface area contributed by atoms with E-state index >= 15 is 0 Å². The van der Waals surface area contributed by atoms with E-state index in [-0.39, 0.29) is 11.6 Å². The van der Waals surface area contributed by atoms with E-state index in [1.54, 1.807) is 6.07 Å². The zero-order chi connectivity index (χ0) is 15.4. The Hall–Kier alpha value is -2.43. The average Bonchev–Trinajstić information content (AvgIpc) is 3.13. The van der Waals surface area contributed by atoms with Gasteiger partial charge in [0.05, 0.1) is 5.69 Å². The number of aromatic amines is 1. The first-order valence-corrected chi connectivity index (χ1v) is 8.22. The van der Waals surface area contributed by atoms with Crippen molar-refractivity contribution < 1.29 is 4.39 Å². The molecule has 116 valence electrons. The van der Waals surface area contributed by atoms with Crippen LogP contribution < -0.4 is 5.32 Å². The molecular weight excluding hydrogens is 291 g/mol. The lowest BCUT2D eigenvalue weighted by Gasteiger charge is -2.11. The molecule has 2 heterocycles. The second-order valence-electron chi connectivity index (χ2n) is 6.52. The van der Waals surface area contributed by atoms with Gasteiger partial charge in [-0.2, -0.15) is 5.10 Å². The third kappa shape index (κ3) is 2.11. The van der Waals surface area contributed by atoms with Crippen molar-refractivity contribution >= 4 is 22.5 Å². The summed E-state index contributed by atoms with van der Waals surface area (Å²) < 4.78 is 14.5. The maximum atomic E-state index is 14.5. The fraction of sp³-hybridized carbons (Fsp3) is 0.333. The zero-order valence-corrected chi connectivity index (χ0v) is 12.7. The van der Waals surface area contributed by atoms with Crippen LogP contribution in [-0.4, -0.2) is 15.2 Å². The largest absolute Gasteiger partial charge is 0.337 e. The summed E-state index contributed by atoms with van der Waals surface area (Å²) in [7, 11) is 0. The van der Waals surface area contributed by atoms with Crippen LogP contribution in [0.5, 0.6) is 0 Å². The molecule has 2 N–H and O–H groups in total. The Morgan fingerprint density at radius 1 is 1.22 bits per heavy atom. The van der Waals surface area contributed by atoms with Crippen molar-refractivity contribution in [2.45, 2.75) is 38.0 Å². The number of nitrogens with zero attached hydrogens (tertiary/aromatic N) is 2. The molecule has 2 aliphatic carbocycles. The van der Waals surface area contributed by atoms with Crippen LogP contribution in [0.15, 0.2) is 24.3 Å². The summed E-state index contributed by atoms with van der Waals surface area (Å²) in [5, 5.41) is 11.3. The fourth-order valence-electron chi connectivity index (χ4n) is 3.56. The second-order valence-corrected chi connectivity index (χ2v) is 6.52. The molecule has 0 radical (unpaired) electrons. The molecule has 2 aromatic heterocycles. The molecule has 0 spiro atoms. The number of hydrogen-bond donors (Lipinski definition) is 2. The minimum Gasteiger partial charge on any atom is -0.337 e. The van der Waals surface area contributed by atoms with Crippen molar-refractivity contribution in [2.75, 3.05) is 5.32 Å². The molecular formula is C18H17FN4. The number of pyridine rings is 1. The smallest absolute Gasteiger partial charge is 0.169 e. The van der Waals surface area contributed by atoms with Crippen LogP contribution in [-0.2, 0) is 12.8 Å². The predicted octanol–water partition coefficient (Wildman–Crippen LogP) is 4.21. The van der Waals surface area contributed by atoms with Gasteiger partial charge in [-0.05, 0) is 55.4 Å². The van der Waals surface area contributed by atoms with Gasteiger partial charge in [0.1, 0.15) is 0 Å². The van der Waals surface area contributed by atoms with Crippen molar-refractivity contribution in [1.29, 1.82) is 0 Å². The van der Waals surface area contributed by atoms with Crippen molar-refractivity contribution in [3.8, 4) is 0 Å². The number of aryl methyl sites for hydroxylation is 1. The number of anilines is 2. The van der Waals surface area contributed by atoms with Gasteiger partial charge < -0.3 is 5.32 Å². The predicted molar refractivity (Wildman–Crippen MR) is 87.6 cm³/mol. The molecule has 23 heavy (non-hydrogen) atoms. The number of aromatic nitrogens is 3. The molecule has 5 heteroatoms. The van der Waals surface area contributed by atoms with Gasteiger partial charge in [-0.25, -0.2) is 9.37 Å². The van der Waals surface area contributed by atoms with E-state index in [1.165, 1.54) is 11.1 Å². The van der Waals surface area contributed by atoms with E-state index in [1.807, 2.05) is 12.1 Å². The van der Waals surface area contributed by atoms with E-state index in [0.29, 0.717) is 11.6 Å². The topological polar surface area (TPSA) is 53.6 Å².